The average molecular weight is 206 g/mol. The average Bonchev–Trinajstić information content (AvgIpc) is 2.14. The molecule has 0 heterocycles. The molecular weight excluding hydrogens is 184 g/mol. The molecule has 0 saturated carbocycles. The summed E-state index contributed by atoms with van der Waals surface area (Å²) in [6, 6.07) is 0. The molecule has 0 radical (unpaired) electrons. The van der Waals surface area contributed by atoms with E-state index in [1.807, 2.05) is 6.08 Å². The number of carbonyl (C=O) groups excluding carboxylic acids is 1. The summed E-state index contributed by atoms with van der Waals surface area (Å²) in [5, 5.41) is 0. The third kappa shape index (κ3) is 9.20. The van der Waals surface area contributed by atoms with Crippen LogP contribution >= 0.6 is 0 Å². The molecule has 0 aliphatic rings. The molecule has 15 heavy (non-hydrogen) atoms. The molecule has 0 aromatic rings. The zero-order valence-corrected chi connectivity index (χ0v) is 10.3. The Morgan fingerprint density at radius 1 is 1.20 bits per heavy atom. The van der Waals surface area contributed by atoms with Gasteiger partial charge in [0.25, 0.3) is 0 Å². The minimum atomic E-state index is 0.103. The third-order valence-corrected chi connectivity index (χ3v) is 2.14. The third-order valence-electron chi connectivity index (χ3n) is 2.14. The van der Waals surface area contributed by atoms with Gasteiger partial charge in [0.15, 0.2) is 5.78 Å². The van der Waals surface area contributed by atoms with E-state index in [1.54, 1.807) is 13.0 Å². The molecule has 0 aliphatic carbocycles. The molecule has 1 heteroatoms. The fourth-order valence-electron chi connectivity index (χ4n) is 1.24. The maximum Gasteiger partial charge on any atom is 0.152 e. The van der Waals surface area contributed by atoms with E-state index in [1.165, 1.54) is 11.1 Å². The molecule has 0 fully saturated rings. The van der Waals surface area contributed by atoms with E-state index in [-0.39, 0.29) is 5.78 Å². The fourth-order valence-corrected chi connectivity index (χ4v) is 1.24. The monoisotopic (exact) mass is 206 g/mol. The van der Waals surface area contributed by atoms with Gasteiger partial charge in [-0.1, -0.05) is 36.3 Å². The maximum absolute atomic E-state index is 10.7. The molecule has 0 saturated heterocycles. The summed E-state index contributed by atoms with van der Waals surface area (Å²) >= 11 is 0. The zero-order chi connectivity index (χ0) is 11.7. The highest BCUT2D eigenvalue weighted by molar-refractivity contribution is 5.87. The van der Waals surface area contributed by atoms with Crippen molar-refractivity contribution in [1.29, 1.82) is 0 Å². The molecule has 1 nitrogen and oxygen atoms in total. The highest BCUT2D eigenvalue weighted by Crippen LogP contribution is 2.11. The number of ketones is 1. The predicted molar refractivity (Wildman–Crippen MR) is 66.9 cm³/mol. The van der Waals surface area contributed by atoms with Gasteiger partial charge in [-0.15, -0.1) is 0 Å². The van der Waals surface area contributed by atoms with Crippen molar-refractivity contribution in [2.24, 2.45) is 0 Å². The molecule has 0 unspecified atom stereocenters. The normalized spacial score (nSPS) is 11.9. The van der Waals surface area contributed by atoms with Crippen molar-refractivity contribution in [1.82, 2.24) is 0 Å². The topological polar surface area (TPSA) is 17.1 Å². The Hall–Kier alpha value is -1.11. The van der Waals surface area contributed by atoms with E-state index >= 15 is 0 Å². The first-order valence-electron chi connectivity index (χ1n) is 5.56. The van der Waals surface area contributed by atoms with Gasteiger partial charge >= 0.3 is 0 Å². The van der Waals surface area contributed by atoms with E-state index in [2.05, 4.69) is 32.9 Å². The molecule has 0 atom stereocenters. The number of allylic oxidation sites excluding steroid dienone is 6. The van der Waals surface area contributed by atoms with Gasteiger partial charge in [-0.3, -0.25) is 4.79 Å². The Morgan fingerprint density at radius 3 is 2.33 bits per heavy atom. The summed E-state index contributed by atoms with van der Waals surface area (Å²) in [6.45, 7) is 7.95. The Labute approximate surface area is 93.6 Å². The van der Waals surface area contributed by atoms with E-state index < -0.39 is 0 Å². The minimum Gasteiger partial charge on any atom is -0.295 e. The summed E-state index contributed by atoms with van der Waals surface area (Å²) in [6.07, 6.45) is 11.0. The number of carbonyl (C=O) groups is 1. The van der Waals surface area contributed by atoms with Crippen LogP contribution in [0.3, 0.4) is 0 Å². The number of hydrogen-bond acceptors (Lipinski definition) is 1. The molecule has 0 aromatic heterocycles. The molecule has 84 valence electrons. The van der Waals surface area contributed by atoms with Gasteiger partial charge in [-0.05, 0) is 46.1 Å². The van der Waals surface area contributed by atoms with E-state index in [0.29, 0.717) is 0 Å². The standard InChI is InChI=1S/C14H22O/c1-5-14(10-6-8-12(2)3)11-7-9-13(4)15/h7-9,11H,5-6,10H2,1-4H3. The lowest BCUT2D eigenvalue weighted by atomic mass is 10.1. The van der Waals surface area contributed by atoms with Crippen molar-refractivity contribution in [3.05, 3.63) is 35.5 Å². The Kier molecular flexibility index (Phi) is 7.61. The summed E-state index contributed by atoms with van der Waals surface area (Å²) in [5.74, 6) is 0.103. The quantitative estimate of drug-likeness (QED) is 0.361. The van der Waals surface area contributed by atoms with Crippen LogP contribution < -0.4 is 0 Å². The lowest BCUT2D eigenvalue weighted by Crippen LogP contribution is -1.82. The summed E-state index contributed by atoms with van der Waals surface area (Å²) in [4.78, 5) is 10.7. The summed E-state index contributed by atoms with van der Waals surface area (Å²) in [5.41, 5.74) is 2.76. The first-order chi connectivity index (χ1) is 7.06. The largest absolute Gasteiger partial charge is 0.295 e. The molecule has 0 aliphatic heterocycles. The van der Waals surface area contributed by atoms with Crippen molar-refractivity contribution >= 4 is 5.78 Å². The van der Waals surface area contributed by atoms with Crippen LogP contribution in [0.15, 0.2) is 35.5 Å². The van der Waals surface area contributed by atoms with Gasteiger partial charge in [0.2, 0.25) is 0 Å². The second-order valence-corrected chi connectivity index (χ2v) is 3.97. The van der Waals surface area contributed by atoms with Crippen LogP contribution in [0.25, 0.3) is 0 Å². The second-order valence-electron chi connectivity index (χ2n) is 3.97. The molecule has 0 N–H and O–H groups in total. The Morgan fingerprint density at radius 2 is 1.87 bits per heavy atom. The van der Waals surface area contributed by atoms with Gasteiger partial charge in [-0.2, -0.15) is 0 Å². The van der Waals surface area contributed by atoms with Crippen molar-refractivity contribution in [3.8, 4) is 0 Å². The number of rotatable bonds is 6. The maximum atomic E-state index is 10.7. The lowest BCUT2D eigenvalue weighted by Gasteiger charge is -2.00. The van der Waals surface area contributed by atoms with Crippen LogP contribution in [-0.4, -0.2) is 5.78 Å². The van der Waals surface area contributed by atoms with Gasteiger partial charge in [-0.25, -0.2) is 0 Å². The molecule has 0 amide bonds. The fraction of sp³-hybridized carbons (Fsp3) is 0.500. The predicted octanol–water partition coefficient (Wildman–Crippen LogP) is 4.21. The Balaban J connectivity index is 4.12. The van der Waals surface area contributed by atoms with Crippen LogP contribution in [0.2, 0.25) is 0 Å². The highest BCUT2D eigenvalue weighted by Gasteiger charge is 1.91. The first-order valence-corrected chi connectivity index (χ1v) is 5.56. The van der Waals surface area contributed by atoms with Crippen molar-refractivity contribution in [2.75, 3.05) is 0 Å². The smallest absolute Gasteiger partial charge is 0.152 e. The van der Waals surface area contributed by atoms with Crippen molar-refractivity contribution in [2.45, 2.75) is 47.0 Å². The molecule has 0 bridgehead atoms. The number of hydrogen-bond donors (Lipinski definition) is 0. The SMILES string of the molecule is CCC(=CC=CC(C)=O)CCC=C(C)C. The summed E-state index contributed by atoms with van der Waals surface area (Å²) in [7, 11) is 0. The van der Waals surface area contributed by atoms with Crippen LogP contribution in [-0.2, 0) is 4.79 Å². The van der Waals surface area contributed by atoms with Crippen molar-refractivity contribution in [3.63, 3.8) is 0 Å². The molecular formula is C14H22O. The van der Waals surface area contributed by atoms with Gasteiger partial charge in [0, 0.05) is 0 Å². The second kappa shape index (κ2) is 8.22. The van der Waals surface area contributed by atoms with Crippen LogP contribution in [0.5, 0.6) is 0 Å². The Bertz CT molecular complexity index is 276. The van der Waals surface area contributed by atoms with Gasteiger partial charge in [0.05, 0.1) is 0 Å². The summed E-state index contributed by atoms with van der Waals surface area (Å²) < 4.78 is 0. The minimum absolute atomic E-state index is 0.103. The van der Waals surface area contributed by atoms with Gasteiger partial charge in [0.1, 0.15) is 0 Å². The van der Waals surface area contributed by atoms with E-state index in [4.69, 9.17) is 0 Å². The van der Waals surface area contributed by atoms with Gasteiger partial charge < -0.3 is 0 Å². The van der Waals surface area contributed by atoms with Crippen LogP contribution in [0.4, 0.5) is 0 Å². The van der Waals surface area contributed by atoms with E-state index in [0.717, 1.165) is 19.3 Å². The molecule has 0 rings (SSSR count). The van der Waals surface area contributed by atoms with Crippen LogP contribution in [0, 0.1) is 0 Å². The van der Waals surface area contributed by atoms with Crippen molar-refractivity contribution < 1.29 is 4.79 Å². The zero-order valence-electron chi connectivity index (χ0n) is 10.3. The molecule has 0 spiro atoms. The highest BCUT2D eigenvalue weighted by atomic mass is 16.1. The molecule has 0 aromatic carbocycles. The van der Waals surface area contributed by atoms with E-state index in [9.17, 15) is 4.79 Å². The first kappa shape index (κ1) is 13.9. The lowest BCUT2D eigenvalue weighted by molar-refractivity contribution is -0.112. The van der Waals surface area contributed by atoms with Crippen LogP contribution in [0.1, 0.15) is 47.0 Å².